The minimum Gasteiger partial charge on any atom is -0.340 e. The second-order valence-electron chi connectivity index (χ2n) is 6.02. The number of amides is 1. The Kier molecular flexibility index (Phi) is 5.87. The largest absolute Gasteiger partial charge is 0.340 e. The second kappa shape index (κ2) is 8.13. The SMILES string of the molecule is CC(C)C(NC(=O)c1cc(Cl)ccc1I)c1nc(-c2cccnc2)no1. The van der Waals surface area contributed by atoms with Gasteiger partial charge in [0.2, 0.25) is 11.7 Å². The lowest BCUT2D eigenvalue weighted by molar-refractivity contribution is 0.0913. The van der Waals surface area contributed by atoms with Crippen molar-refractivity contribution in [3.05, 3.63) is 62.8 Å². The van der Waals surface area contributed by atoms with Crippen molar-refractivity contribution in [1.29, 1.82) is 0 Å². The highest BCUT2D eigenvalue weighted by atomic mass is 127. The third kappa shape index (κ3) is 4.21. The number of hydrogen-bond acceptors (Lipinski definition) is 5. The molecule has 1 N–H and O–H groups in total. The van der Waals surface area contributed by atoms with Gasteiger partial charge in [0, 0.05) is 26.5 Å². The molecule has 1 atom stereocenters. The van der Waals surface area contributed by atoms with E-state index in [1.165, 1.54) is 0 Å². The Morgan fingerprint density at radius 1 is 1.31 bits per heavy atom. The molecule has 2 heterocycles. The number of halogens is 2. The quantitative estimate of drug-likeness (QED) is 0.541. The van der Waals surface area contributed by atoms with E-state index in [-0.39, 0.29) is 11.8 Å². The summed E-state index contributed by atoms with van der Waals surface area (Å²) in [6, 6.07) is 8.42. The molecule has 0 saturated carbocycles. The molecular weight excluding hydrogens is 467 g/mol. The van der Waals surface area contributed by atoms with E-state index >= 15 is 0 Å². The van der Waals surface area contributed by atoms with Crippen LogP contribution in [0.15, 0.2) is 47.2 Å². The van der Waals surface area contributed by atoms with Crippen LogP contribution >= 0.6 is 34.2 Å². The van der Waals surface area contributed by atoms with Crippen LogP contribution < -0.4 is 5.32 Å². The van der Waals surface area contributed by atoms with Crippen molar-refractivity contribution >= 4 is 40.1 Å². The van der Waals surface area contributed by atoms with Gasteiger partial charge in [0.25, 0.3) is 5.91 Å². The molecule has 3 rings (SSSR count). The minimum atomic E-state index is -0.421. The highest BCUT2D eigenvalue weighted by Crippen LogP contribution is 2.25. The number of nitrogens with zero attached hydrogens (tertiary/aromatic N) is 3. The van der Waals surface area contributed by atoms with Gasteiger partial charge in [0.1, 0.15) is 6.04 Å². The Morgan fingerprint density at radius 3 is 2.81 bits per heavy atom. The molecule has 0 aliphatic rings. The summed E-state index contributed by atoms with van der Waals surface area (Å²) in [4.78, 5) is 21.2. The molecular formula is C18H16ClIN4O2. The molecule has 0 aliphatic carbocycles. The highest BCUT2D eigenvalue weighted by molar-refractivity contribution is 14.1. The Morgan fingerprint density at radius 2 is 2.12 bits per heavy atom. The normalized spacial score (nSPS) is 12.2. The molecule has 3 aromatic rings. The van der Waals surface area contributed by atoms with Crippen LogP contribution in [0.2, 0.25) is 5.02 Å². The average Bonchev–Trinajstić information content (AvgIpc) is 3.11. The molecule has 2 aromatic heterocycles. The summed E-state index contributed by atoms with van der Waals surface area (Å²) < 4.78 is 6.22. The van der Waals surface area contributed by atoms with Gasteiger partial charge in [0.15, 0.2) is 0 Å². The molecule has 26 heavy (non-hydrogen) atoms. The molecule has 0 fully saturated rings. The summed E-state index contributed by atoms with van der Waals surface area (Å²) in [5, 5.41) is 7.48. The van der Waals surface area contributed by atoms with Crippen molar-refractivity contribution in [2.24, 2.45) is 5.92 Å². The van der Waals surface area contributed by atoms with Crippen molar-refractivity contribution in [1.82, 2.24) is 20.4 Å². The van der Waals surface area contributed by atoms with Crippen LogP contribution in [0, 0.1) is 9.49 Å². The zero-order valence-corrected chi connectivity index (χ0v) is 17.0. The van der Waals surface area contributed by atoms with Gasteiger partial charge in [-0.05, 0) is 58.8 Å². The first-order chi connectivity index (χ1) is 12.5. The van der Waals surface area contributed by atoms with Gasteiger partial charge in [0.05, 0.1) is 5.56 Å². The molecule has 0 radical (unpaired) electrons. The van der Waals surface area contributed by atoms with Crippen molar-refractivity contribution in [3.63, 3.8) is 0 Å². The van der Waals surface area contributed by atoms with Crippen LogP contribution in [-0.2, 0) is 0 Å². The Labute approximate surface area is 169 Å². The maximum Gasteiger partial charge on any atom is 0.253 e. The minimum absolute atomic E-state index is 0.0537. The highest BCUT2D eigenvalue weighted by Gasteiger charge is 2.26. The van der Waals surface area contributed by atoms with E-state index in [1.54, 1.807) is 36.7 Å². The third-order valence-electron chi connectivity index (χ3n) is 3.75. The van der Waals surface area contributed by atoms with Gasteiger partial charge in [-0.3, -0.25) is 9.78 Å². The molecule has 0 spiro atoms. The number of carbonyl (C=O) groups excluding carboxylic acids is 1. The summed E-state index contributed by atoms with van der Waals surface area (Å²) in [5.74, 6) is 0.601. The summed E-state index contributed by atoms with van der Waals surface area (Å²) >= 11 is 8.12. The summed E-state index contributed by atoms with van der Waals surface area (Å²) in [6.07, 6.45) is 3.33. The molecule has 6 nitrogen and oxygen atoms in total. The van der Waals surface area contributed by atoms with Gasteiger partial charge < -0.3 is 9.84 Å². The summed E-state index contributed by atoms with van der Waals surface area (Å²) in [5.41, 5.74) is 1.26. The molecule has 134 valence electrons. The maximum absolute atomic E-state index is 12.7. The number of pyridine rings is 1. The van der Waals surface area contributed by atoms with Gasteiger partial charge in [-0.1, -0.05) is 30.6 Å². The molecule has 1 unspecified atom stereocenters. The first kappa shape index (κ1) is 18.8. The zero-order valence-electron chi connectivity index (χ0n) is 14.1. The third-order valence-corrected chi connectivity index (χ3v) is 4.93. The van der Waals surface area contributed by atoms with Crippen LogP contribution in [0.1, 0.15) is 36.1 Å². The average molecular weight is 483 g/mol. The standard InChI is InChI=1S/C18H16ClIN4O2/c1-10(2)15(22-17(25)13-8-12(19)5-6-14(13)20)18-23-16(24-26-18)11-4-3-7-21-9-11/h3-10,15H,1-2H3,(H,22,25). The van der Waals surface area contributed by atoms with Crippen molar-refractivity contribution in [2.75, 3.05) is 0 Å². The lowest BCUT2D eigenvalue weighted by Crippen LogP contribution is -2.32. The van der Waals surface area contributed by atoms with E-state index in [0.717, 1.165) is 9.13 Å². The number of hydrogen-bond donors (Lipinski definition) is 1. The van der Waals surface area contributed by atoms with Crippen molar-refractivity contribution in [2.45, 2.75) is 19.9 Å². The Bertz CT molecular complexity index is 915. The van der Waals surface area contributed by atoms with E-state index in [4.69, 9.17) is 16.1 Å². The fraction of sp³-hybridized carbons (Fsp3) is 0.222. The molecule has 0 saturated heterocycles. The van der Waals surface area contributed by atoms with Crippen LogP contribution in [0.5, 0.6) is 0 Å². The molecule has 1 aromatic carbocycles. The second-order valence-corrected chi connectivity index (χ2v) is 7.62. The number of rotatable bonds is 5. The fourth-order valence-corrected chi connectivity index (χ4v) is 3.13. The van der Waals surface area contributed by atoms with E-state index in [2.05, 4.69) is 43.0 Å². The van der Waals surface area contributed by atoms with Crippen LogP contribution in [0.3, 0.4) is 0 Å². The lowest BCUT2D eigenvalue weighted by atomic mass is 10.0. The van der Waals surface area contributed by atoms with Gasteiger partial charge in [-0.25, -0.2) is 0 Å². The topological polar surface area (TPSA) is 80.9 Å². The smallest absolute Gasteiger partial charge is 0.253 e. The molecule has 0 aliphatic heterocycles. The van der Waals surface area contributed by atoms with Crippen LogP contribution in [-0.4, -0.2) is 21.0 Å². The molecule has 0 bridgehead atoms. The zero-order chi connectivity index (χ0) is 18.7. The Balaban J connectivity index is 1.85. The van der Waals surface area contributed by atoms with Gasteiger partial charge >= 0.3 is 0 Å². The number of aromatic nitrogens is 3. The van der Waals surface area contributed by atoms with E-state index in [0.29, 0.717) is 22.3 Å². The lowest BCUT2D eigenvalue weighted by Gasteiger charge is -2.19. The summed E-state index contributed by atoms with van der Waals surface area (Å²) in [6.45, 7) is 3.95. The first-order valence-corrected chi connectivity index (χ1v) is 9.41. The fourth-order valence-electron chi connectivity index (χ4n) is 2.38. The number of carbonyl (C=O) groups is 1. The predicted octanol–water partition coefficient (Wildman–Crippen LogP) is 4.52. The van der Waals surface area contributed by atoms with Crippen LogP contribution in [0.25, 0.3) is 11.4 Å². The van der Waals surface area contributed by atoms with E-state index in [1.807, 2.05) is 19.9 Å². The Hall–Kier alpha value is -2.00. The summed E-state index contributed by atoms with van der Waals surface area (Å²) in [7, 11) is 0. The van der Waals surface area contributed by atoms with Gasteiger partial charge in [-0.2, -0.15) is 4.98 Å². The van der Waals surface area contributed by atoms with Crippen LogP contribution in [0.4, 0.5) is 0 Å². The van der Waals surface area contributed by atoms with E-state index in [9.17, 15) is 4.79 Å². The number of benzene rings is 1. The first-order valence-electron chi connectivity index (χ1n) is 7.95. The predicted molar refractivity (Wildman–Crippen MR) is 107 cm³/mol. The van der Waals surface area contributed by atoms with Crippen molar-refractivity contribution in [3.8, 4) is 11.4 Å². The maximum atomic E-state index is 12.7. The number of nitrogens with one attached hydrogen (secondary N) is 1. The molecule has 8 heteroatoms. The van der Waals surface area contributed by atoms with E-state index < -0.39 is 6.04 Å². The monoisotopic (exact) mass is 482 g/mol. The van der Waals surface area contributed by atoms with Gasteiger partial charge in [-0.15, -0.1) is 0 Å². The van der Waals surface area contributed by atoms with Crippen molar-refractivity contribution < 1.29 is 9.32 Å². The molecule has 1 amide bonds.